The van der Waals surface area contributed by atoms with Gasteiger partial charge in [-0.3, -0.25) is 0 Å². The summed E-state index contributed by atoms with van der Waals surface area (Å²) in [6.45, 7) is 0. The highest BCUT2D eigenvalue weighted by atomic mass is 16.3. The molecular weight excluding hydrogens is 524 g/mol. The monoisotopic (exact) mass is 552 g/mol. The second-order valence-electron chi connectivity index (χ2n) is 11.4. The summed E-state index contributed by atoms with van der Waals surface area (Å²) in [6, 6.07) is 52.3. The lowest BCUT2D eigenvalue weighted by Gasteiger charge is -2.26. The van der Waals surface area contributed by atoms with Crippen molar-refractivity contribution in [2.24, 2.45) is 0 Å². The van der Waals surface area contributed by atoms with E-state index >= 15 is 0 Å². The first-order valence-electron chi connectivity index (χ1n) is 14.9. The number of anilines is 4. The van der Waals surface area contributed by atoms with Crippen LogP contribution in [0.2, 0.25) is 0 Å². The standard InChI is InChI=1S/C40H28N2O/c1-3-10-27(11-4-1)35-25-33-34(41-35)23-21-28-19-18-26-20-22-30(24-32(26)39(28)33)42(29-12-5-2-6-13-29)36-15-9-17-38-40(36)31-14-7-8-16-37(31)43-38/h1-24,35,41H,25H2. The van der Waals surface area contributed by atoms with E-state index in [1.54, 1.807) is 0 Å². The molecule has 0 saturated heterocycles. The Hall–Kier alpha value is -5.54. The van der Waals surface area contributed by atoms with Gasteiger partial charge in [0, 0.05) is 22.4 Å². The molecule has 204 valence electrons. The molecule has 1 aliphatic heterocycles. The van der Waals surface area contributed by atoms with Crippen LogP contribution in [0.3, 0.4) is 0 Å². The Labute approximate surface area is 249 Å². The largest absolute Gasteiger partial charge is 0.456 e. The first-order valence-corrected chi connectivity index (χ1v) is 14.9. The van der Waals surface area contributed by atoms with E-state index in [1.807, 2.05) is 12.1 Å². The first kappa shape index (κ1) is 24.1. The number of furan rings is 1. The summed E-state index contributed by atoms with van der Waals surface area (Å²) in [5, 5.41) is 11.2. The van der Waals surface area contributed by atoms with E-state index in [0.717, 1.165) is 45.4 Å². The number of hydrogen-bond donors (Lipinski definition) is 1. The molecule has 9 rings (SSSR count). The van der Waals surface area contributed by atoms with Crippen LogP contribution in [-0.4, -0.2) is 0 Å². The molecule has 3 nitrogen and oxygen atoms in total. The maximum Gasteiger partial charge on any atom is 0.137 e. The van der Waals surface area contributed by atoms with Crippen molar-refractivity contribution >= 4 is 66.2 Å². The molecule has 8 aromatic rings. The topological polar surface area (TPSA) is 28.4 Å². The Morgan fingerprint density at radius 2 is 1.28 bits per heavy atom. The van der Waals surface area contributed by atoms with Crippen molar-refractivity contribution in [2.75, 3.05) is 10.2 Å². The molecule has 0 radical (unpaired) electrons. The minimum Gasteiger partial charge on any atom is -0.456 e. The van der Waals surface area contributed by atoms with E-state index in [9.17, 15) is 0 Å². The van der Waals surface area contributed by atoms with Crippen molar-refractivity contribution in [3.8, 4) is 0 Å². The van der Waals surface area contributed by atoms with Crippen LogP contribution in [0.5, 0.6) is 0 Å². The lowest BCUT2D eigenvalue weighted by atomic mass is 9.94. The lowest BCUT2D eigenvalue weighted by molar-refractivity contribution is 0.669. The third kappa shape index (κ3) is 3.82. The molecule has 7 aromatic carbocycles. The number of nitrogens with zero attached hydrogens (tertiary/aromatic N) is 1. The van der Waals surface area contributed by atoms with E-state index in [-0.39, 0.29) is 6.04 Å². The van der Waals surface area contributed by atoms with E-state index in [1.165, 1.54) is 38.4 Å². The minimum absolute atomic E-state index is 0.271. The molecular formula is C40H28N2O. The van der Waals surface area contributed by atoms with Crippen LogP contribution >= 0.6 is 0 Å². The molecule has 1 unspecified atom stereocenters. The van der Waals surface area contributed by atoms with Crippen LogP contribution in [0.15, 0.2) is 150 Å². The van der Waals surface area contributed by atoms with Gasteiger partial charge in [0.05, 0.1) is 17.1 Å². The van der Waals surface area contributed by atoms with Crippen molar-refractivity contribution in [3.63, 3.8) is 0 Å². The van der Waals surface area contributed by atoms with E-state index in [2.05, 4.69) is 144 Å². The summed E-state index contributed by atoms with van der Waals surface area (Å²) >= 11 is 0. The fraction of sp³-hybridized carbons (Fsp3) is 0.0500. The molecule has 0 saturated carbocycles. The molecule has 2 heterocycles. The van der Waals surface area contributed by atoms with Gasteiger partial charge in [-0.05, 0) is 87.6 Å². The molecule has 1 atom stereocenters. The Morgan fingerprint density at radius 3 is 2.16 bits per heavy atom. The SMILES string of the molecule is c1ccc(C2Cc3c(ccc4ccc5ccc(N(c6ccccc6)c6cccc7oc8ccccc8c67)cc5c34)N2)cc1. The van der Waals surface area contributed by atoms with Gasteiger partial charge in [-0.15, -0.1) is 0 Å². The van der Waals surface area contributed by atoms with Gasteiger partial charge in [-0.1, -0.05) is 97.1 Å². The normalized spacial score (nSPS) is 14.4. The molecule has 1 aliphatic rings. The number of rotatable bonds is 4. The molecule has 0 amide bonds. The number of fused-ring (bicyclic) bond motifs is 8. The quantitative estimate of drug-likeness (QED) is 0.220. The van der Waals surface area contributed by atoms with Gasteiger partial charge < -0.3 is 14.6 Å². The summed E-state index contributed by atoms with van der Waals surface area (Å²) in [4.78, 5) is 2.37. The van der Waals surface area contributed by atoms with Gasteiger partial charge in [0.1, 0.15) is 11.2 Å². The van der Waals surface area contributed by atoms with Crippen molar-refractivity contribution in [3.05, 3.63) is 157 Å². The van der Waals surface area contributed by atoms with Crippen LogP contribution < -0.4 is 10.2 Å². The first-order chi connectivity index (χ1) is 21.3. The molecule has 1 N–H and O–H groups in total. The fourth-order valence-electron chi connectivity index (χ4n) is 6.97. The summed E-state index contributed by atoms with van der Waals surface area (Å²) < 4.78 is 6.31. The Kier molecular flexibility index (Phi) is 5.32. The average Bonchev–Trinajstić information content (AvgIpc) is 3.68. The predicted octanol–water partition coefficient (Wildman–Crippen LogP) is 11.1. The third-order valence-electron chi connectivity index (χ3n) is 8.93. The summed E-state index contributed by atoms with van der Waals surface area (Å²) in [7, 11) is 0. The fourth-order valence-corrected chi connectivity index (χ4v) is 6.97. The minimum atomic E-state index is 0.271. The highest BCUT2D eigenvalue weighted by Crippen LogP contribution is 2.45. The Morgan fingerprint density at radius 1 is 0.558 bits per heavy atom. The summed E-state index contributed by atoms with van der Waals surface area (Å²) in [5.74, 6) is 0. The van der Waals surface area contributed by atoms with Crippen LogP contribution in [-0.2, 0) is 6.42 Å². The molecule has 1 aromatic heterocycles. The third-order valence-corrected chi connectivity index (χ3v) is 8.93. The van der Waals surface area contributed by atoms with Gasteiger partial charge >= 0.3 is 0 Å². The number of benzene rings is 7. The molecule has 43 heavy (non-hydrogen) atoms. The number of para-hydroxylation sites is 2. The molecule has 0 fully saturated rings. The van der Waals surface area contributed by atoms with Gasteiger partial charge in [0.25, 0.3) is 0 Å². The zero-order valence-electron chi connectivity index (χ0n) is 23.5. The van der Waals surface area contributed by atoms with Crippen LogP contribution in [0.1, 0.15) is 17.2 Å². The number of hydrogen-bond acceptors (Lipinski definition) is 3. The molecule has 0 spiro atoms. The van der Waals surface area contributed by atoms with Crippen LogP contribution in [0.25, 0.3) is 43.5 Å². The molecule has 0 bridgehead atoms. The maximum atomic E-state index is 6.31. The van der Waals surface area contributed by atoms with Crippen molar-refractivity contribution < 1.29 is 4.42 Å². The Bertz CT molecular complexity index is 2300. The zero-order valence-corrected chi connectivity index (χ0v) is 23.5. The van der Waals surface area contributed by atoms with Crippen LogP contribution in [0.4, 0.5) is 22.7 Å². The smallest absolute Gasteiger partial charge is 0.137 e. The van der Waals surface area contributed by atoms with Crippen molar-refractivity contribution in [1.29, 1.82) is 0 Å². The maximum absolute atomic E-state index is 6.31. The second-order valence-corrected chi connectivity index (χ2v) is 11.4. The highest BCUT2D eigenvalue weighted by molar-refractivity contribution is 6.15. The molecule has 3 heteroatoms. The zero-order chi connectivity index (χ0) is 28.3. The van der Waals surface area contributed by atoms with E-state index in [0.29, 0.717) is 0 Å². The molecule has 0 aliphatic carbocycles. The van der Waals surface area contributed by atoms with Gasteiger partial charge in [-0.2, -0.15) is 0 Å². The van der Waals surface area contributed by atoms with Crippen molar-refractivity contribution in [2.45, 2.75) is 12.5 Å². The van der Waals surface area contributed by atoms with Gasteiger partial charge in [0.15, 0.2) is 0 Å². The lowest BCUT2D eigenvalue weighted by Crippen LogP contribution is -2.10. The average molecular weight is 553 g/mol. The summed E-state index contributed by atoms with van der Waals surface area (Å²) in [5.41, 5.74) is 9.06. The van der Waals surface area contributed by atoms with E-state index in [4.69, 9.17) is 4.42 Å². The highest BCUT2D eigenvalue weighted by Gasteiger charge is 2.25. The summed E-state index contributed by atoms with van der Waals surface area (Å²) in [6.07, 6.45) is 0.961. The van der Waals surface area contributed by atoms with Gasteiger partial charge in [0.2, 0.25) is 0 Å². The van der Waals surface area contributed by atoms with Gasteiger partial charge in [-0.25, -0.2) is 0 Å². The van der Waals surface area contributed by atoms with Crippen molar-refractivity contribution in [1.82, 2.24) is 0 Å². The second kappa shape index (κ2) is 9.50. The number of nitrogens with one attached hydrogen (secondary N) is 1. The van der Waals surface area contributed by atoms with E-state index < -0.39 is 0 Å². The van der Waals surface area contributed by atoms with Crippen LogP contribution in [0, 0.1) is 0 Å². The predicted molar refractivity (Wildman–Crippen MR) is 180 cm³/mol. The Balaban J connectivity index is 1.28.